The summed E-state index contributed by atoms with van der Waals surface area (Å²) in [6.45, 7) is 3.52. The molecule has 1 N–H and O–H groups in total. The summed E-state index contributed by atoms with van der Waals surface area (Å²) in [7, 11) is 1.43. The number of rotatable bonds is 5. The van der Waals surface area contributed by atoms with E-state index in [0.29, 0.717) is 11.3 Å². The monoisotopic (exact) mass is 373 g/mol. The van der Waals surface area contributed by atoms with Crippen LogP contribution in [-0.2, 0) is 0 Å². The fraction of sp³-hybridized carbons (Fsp3) is 0.222. The van der Waals surface area contributed by atoms with Gasteiger partial charge in [0.15, 0.2) is 5.82 Å². The molecule has 0 saturated heterocycles. The Morgan fingerprint density at radius 1 is 1.22 bits per heavy atom. The van der Waals surface area contributed by atoms with Crippen molar-refractivity contribution < 1.29 is 18.3 Å². The van der Waals surface area contributed by atoms with Gasteiger partial charge in [-0.1, -0.05) is 0 Å². The van der Waals surface area contributed by atoms with Gasteiger partial charge in [-0.15, -0.1) is 0 Å². The number of benzene rings is 1. The maximum Gasteiger partial charge on any atom is 0.316 e. The van der Waals surface area contributed by atoms with Gasteiger partial charge in [-0.3, -0.25) is 4.79 Å². The van der Waals surface area contributed by atoms with Crippen LogP contribution >= 0.6 is 0 Å². The molecule has 1 atom stereocenters. The Morgan fingerprint density at radius 3 is 2.56 bits per heavy atom. The minimum atomic E-state index is -0.722. The van der Waals surface area contributed by atoms with Gasteiger partial charge in [0, 0.05) is 29.7 Å². The van der Waals surface area contributed by atoms with Crippen molar-refractivity contribution in [1.29, 1.82) is 0 Å². The summed E-state index contributed by atoms with van der Waals surface area (Å²) in [6.07, 6.45) is 4.25. The van der Waals surface area contributed by atoms with Gasteiger partial charge < -0.3 is 10.1 Å². The van der Waals surface area contributed by atoms with Crippen LogP contribution in [0.5, 0.6) is 6.01 Å². The van der Waals surface area contributed by atoms with Crippen molar-refractivity contribution in [3.63, 3.8) is 0 Å². The molecular formula is C18H17F2N5O2. The second kappa shape index (κ2) is 7.48. The van der Waals surface area contributed by atoms with E-state index < -0.39 is 17.7 Å². The first-order valence-electron chi connectivity index (χ1n) is 8.07. The van der Waals surface area contributed by atoms with E-state index in [1.54, 1.807) is 13.8 Å². The first-order valence-corrected chi connectivity index (χ1v) is 8.07. The molecule has 1 amide bonds. The highest BCUT2D eigenvalue weighted by atomic mass is 19.1. The molecule has 2 aromatic heterocycles. The van der Waals surface area contributed by atoms with Gasteiger partial charge in [0.2, 0.25) is 0 Å². The van der Waals surface area contributed by atoms with Crippen LogP contribution in [0.3, 0.4) is 0 Å². The predicted octanol–water partition coefficient (Wildman–Crippen LogP) is 2.75. The number of hydrogen-bond donors (Lipinski definition) is 1. The van der Waals surface area contributed by atoms with Crippen LogP contribution in [0.4, 0.5) is 8.78 Å². The lowest BCUT2D eigenvalue weighted by Gasteiger charge is -2.14. The van der Waals surface area contributed by atoms with E-state index in [-0.39, 0.29) is 23.2 Å². The number of aromatic nitrogens is 4. The number of nitrogens with one attached hydrogen (secondary N) is 1. The van der Waals surface area contributed by atoms with E-state index in [9.17, 15) is 13.6 Å². The number of carbonyl (C=O) groups is 1. The van der Waals surface area contributed by atoms with Crippen LogP contribution in [-0.4, -0.2) is 32.8 Å². The summed E-state index contributed by atoms with van der Waals surface area (Å²) in [6, 6.07) is 3.03. The van der Waals surface area contributed by atoms with E-state index in [1.165, 1.54) is 36.4 Å². The molecule has 0 fully saturated rings. The van der Waals surface area contributed by atoms with Gasteiger partial charge in [-0.05, 0) is 26.0 Å². The quantitative estimate of drug-likeness (QED) is 0.744. The third-order valence-corrected chi connectivity index (χ3v) is 4.07. The summed E-state index contributed by atoms with van der Waals surface area (Å²) >= 11 is 0. The fourth-order valence-corrected chi connectivity index (χ4v) is 2.64. The van der Waals surface area contributed by atoms with Gasteiger partial charge >= 0.3 is 6.01 Å². The van der Waals surface area contributed by atoms with Gasteiger partial charge in [0.05, 0.1) is 24.9 Å². The van der Waals surface area contributed by atoms with Crippen LogP contribution in [0.1, 0.15) is 34.6 Å². The number of carbonyl (C=O) groups excluding carboxylic acids is 1. The molecule has 0 aliphatic rings. The normalized spacial score (nSPS) is 11.9. The number of amides is 1. The zero-order valence-electron chi connectivity index (χ0n) is 14.9. The maximum absolute atomic E-state index is 14.0. The van der Waals surface area contributed by atoms with Crippen molar-refractivity contribution in [2.24, 2.45) is 0 Å². The lowest BCUT2D eigenvalue weighted by Crippen LogP contribution is -2.27. The van der Waals surface area contributed by atoms with Crippen LogP contribution in [0.25, 0.3) is 5.69 Å². The third kappa shape index (κ3) is 3.76. The SMILES string of the molecule is COc1ncc(C(=O)NC(C)c2cnn(-c3ccc(F)cc3F)c2C)cn1. The summed E-state index contributed by atoms with van der Waals surface area (Å²) in [5.41, 5.74) is 1.72. The minimum Gasteiger partial charge on any atom is -0.467 e. The molecule has 0 aliphatic heterocycles. The molecule has 140 valence electrons. The molecule has 0 radical (unpaired) electrons. The summed E-state index contributed by atoms with van der Waals surface area (Å²) in [5.74, 6) is -1.76. The van der Waals surface area contributed by atoms with Crippen molar-refractivity contribution in [1.82, 2.24) is 25.1 Å². The first kappa shape index (κ1) is 18.4. The molecule has 9 heteroatoms. The molecule has 7 nitrogen and oxygen atoms in total. The van der Waals surface area contributed by atoms with E-state index in [4.69, 9.17) is 4.74 Å². The van der Waals surface area contributed by atoms with Gasteiger partial charge in [0.25, 0.3) is 5.91 Å². The molecule has 27 heavy (non-hydrogen) atoms. The molecular weight excluding hydrogens is 356 g/mol. The second-order valence-electron chi connectivity index (χ2n) is 5.85. The fourth-order valence-electron chi connectivity index (χ4n) is 2.64. The van der Waals surface area contributed by atoms with Crippen molar-refractivity contribution in [2.45, 2.75) is 19.9 Å². The average molecular weight is 373 g/mol. The van der Waals surface area contributed by atoms with E-state index in [2.05, 4.69) is 20.4 Å². The molecule has 0 bridgehead atoms. The second-order valence-corrected chi connectivity index (χ2v) is 5.85. The van der Waals surface area contributed by atoms with Crippen molar-refractivity contribution in [3.05, 3.63) is 65.2 Å². The van der Waals surface area contributed by atoms with Gasteiger partial charge in [0.1, 0.15) is 11.5 Å². The van der Waals surface area contributed by atoms with Crippen molar-refractivity contribution >= 4 is 5.91 Å². The third-order valence-electron chi connectivity index (χ3n) is 4.07. The van der Waals surface area contributed by atoms with Crippen LogP contribution in [0, 0.1) is 18.6 Å². The van der Waals surface area contributed by atoms with E-state index >= 15 is 0 Å². The average Bonchev–Trinajstić information content (AvgIpc) is 3.03. The Hall–Kier alpha value is -3.36. The van der Waals surface area contributed by atoms with E-state index in [0.717, 1.165) is 12.1 Å². The Kier molecular flexibility index (Phi) is 5.11. The molecule has 2 heterocycles. The number of methoxy groups -OCH3 is 1. The summed E-state index contributed by atoms with van der Waals surface area (Å²) < 4.78 is 33.4. The van der Waals surface area contributed by atoms with Crippen LogP contribution in [0.15, 0.2) is 36.8 Å². The first-order chi connectivity index (χ1) is 12.9. The molecule has 1 aromatic carbocycles. The smallest absolute Gasteiger partial charge is 0.316 e. The lowest BCUT2D eigenvalue weighted by atomic mass is 10.1. The molecule has 0 aliphatic carbocycles. The summed E-state index contributed by atoms with van der Waals surface area (Å²) in [4.78, 5) is 20.1. The Balaban J connectivity index is 1.80. The van der Waals surface area contributed by atoms with Crippen molar-refractivity contribution in [3.8, 4) is 11.7 Å². The van der Waals surface area contributed by atoms with Gasteiger partial charge in [-0.25, -0.2) is 23.4 Å². The number of hydrogen-bond acceptors (Lipinski definition) is 5. The number of ether oxygens (including phenoxy) is 1. The zero-order chi connectivity index (χ0) is 19.6. The highest BCUT2D eigenvalue weighted by Crippen LogP contribution is 2.22. The zero-order valence-corrected chi connectivity index (χ0v) is 14.9. The Morgan fingerprint density at radius 2 is 1.93 bits per heavy atom. The molecule has 1 unspecified atom stereocenters. The lowest BCUT2D eigenvalue weighted by molar-refractivity contribution is 0.0939. The Bertz CT molecular complexity index is 972. The van der Waals surface area contributed by atoms with Crippen molar-refractivity contribution in [2.75, 3.05) is 7.11 Å². The topological polar surface area (TPSA) is 81.9 Å². The highest BCUT2D eigenvalue weighted by molar-refractivity contribution is 5.93. The Labute approximate surface area is 154 Å². The minimum absolute atomic E-state index is 0.127. The van der Waals surface area contributed by atoms with Crippen LogP contribution < -0.4 is 10.1 Å². The standard InChI is InChI=1S/C18H17F2N5O2/c1-10(24-17(26)12-7-21-18(27-3)22-8-12)14-9-23-25(11(14)2)16-5-4-13(19)6-15(16)20/h4-10H,1-3H3,(H,24,26). The molecule has 3 rings (SSSR count). The van der Waals surface area contributed by atoms with E-state index in [1.807, 2.05) is 0 Å². The summed E-state index contributed by atoms with van der Waals surface area (Å²) in [5, 5.41) is 6.97. The number of halogens is 2. The maximum atomic E-state index is 14.0. The largest absolute Gasteiger partial charge is 0.467 e. The molecule has 0 saturated carbocycles. The van der Waals surface area contributed by atoms with Gasteiger partial charge in [-0.2, -0.15) is 5.10 Å². The predicted molar refractivity (Wildman–Crippen MR) is 92.7 cm³/mol. The molecule has 0 spiro atoms. The highest BCUT2D eigenvalue weighted by Gasteiger charge is 2.19. The van der Waals surface area contributed by atoms with Crippen LogP contribution in [0.2, 0.25) is 0 Å². The molecule has 3 aromatic rings. The number of nitrogens with zero attached hydrogens (tertiary/aromatic N) is 4.